The van der Waals surface area contributed by atoms with Crippen LogP contribution in [0.5, 0.6) is 0 Å². The summed E-state index contributed by atoms with van der Waals surface area (Å²) >= 11 is 6.04. The number of allylic oxidation sites excluding steroid dienone is 2. The van der Waals surface area contributed by atoms with Crippen LogP contribution in [0.3, 0.4) is 0 Å². The van der Waals surface area contributed by atoms with Gasteiger partial charge in [0.2, 0.25) is 0 Å². The second kappa shape index (κ2) is 7.43. The Morgan fingerprint density at radius 3 is 2.77 bits per heavy atom. The average molecular weight is 424 g/mol. The van der Waals surface area contributed by atoms with Crippen LogP contribution in [0.15, 0.2) is 48.6 Å². The molecule has 2 heterocycles. The molecule has 1 N–H and O–H groups in total. The standard InChI is InChI=1S/C23H22ClN3O3/c24-19-10-9-14(13-20(19)27(29)30)21-16-6-3-5-15(16)17-7-4-8-18(22(17)25-21)23(28)26-11-1-2-12-26/h3-5,7-10,13,15-16,21,25H,1-2,6,11-12H2. The van der Waals surface area contributed by atoms with Gasteiger partial charge in [0.05, 0.1) is 22.2 Å². The lowest BCUT2D eigenvalue weighted by atomic mass is 9.76. The van der Waals surface area contributed by atoms with Gasteiger partial charge >= 0.3 is 0 Å². The molecule has 5 rings (SSSR count). The summed E-state index contributed by atoms with van der Waals surface area (Å²) in [6, 6.07) is 10.8. The Morgan fingerprint density at radius 1 is 1.20 bits per heavy atom. The molecule has 30 heavy (non-hydrogen) atoms. The van der Waals surface area contributed by atoms with E-state index in [1.807, 2.05) is 23.1 Å². The molecule has 2 aromatic rings. The SMILES string of the molecule is O=C(c1cccc2c1NC(c1ccc(Cl)c([N+](=O)[O-])c1)C1CC=CC21)N1CCCC1. The number of nitro benzene ring substituents is 1. The van der Waals surface area contributed by atoms with Gasteiger partial charge in [-0.3, -0.25) is 14.9 Å². The summed E-state index contributed by atoms with van der Waals surface area (Å²) in [6.45, 7) is 1.59. The zero-order valence-corrected chi connectivity index (χ0v) is 17.1. The maximum atomic E-state index is 13.2. The number of rotatable bonds is 3. The second-order valence-corrected chi connectivity index (χ2v) is 8.62. The Kier molecular flexibility index (Phi) is 4.74. The Balaban J connectivity index is 1.58. The molecule has 1 saturated heterocycles. The van der Waals surface area contributed by atoms with Crippen LogP contribution in [-0.4, -0.2) is 28.8 Å². The first-order chi connectivity index (χ1) is 14.5. The number of carbonyl (C=O) groups is 1. The van der Waals surface area contributed by atoms with E-state index in [9.17, 15) is 14.9 Å². The zero-order chi connectivity index (χ0) is 20.8. The molecule has 3 unspecified atom stereocenters. The summed E-state index contributed by atoms with van der Waals surface area (Å²) in [5, 5.41) is 15.1. The summed E-state index contributed by atoms with van der Waals surface area (Å²) in [5.74, 6) is 0.459. The van der Waals surface area contributed by atoms with Gasteiger partial charge in [0.1, 0.15) is 5.02 Å². The number of benzene rings is 2. The van der Waals surface area contributed by atoms with Gasteiger partial charge in [-0.15, -0.1) is 0 Å². The Morgan fingerprint density at radius 2 is 2.00 bits per heavy atom. The van der Waals surface area contributed by atoms with Crippen molar-refractivity contribution in [1.29, 1.82) is 0 Å². The molecule has 7 heteroatoms. The molecule has 0 radical (unpaired) electrons. The third-order valence-electron chi connectivity index (χ3n) is 6.55. The third-order valence-corrected chi connectivity index (χ3v) is 6.87. The van der Waals surface area contributed by atoms with E-state index in [1.165, 1.54) is 0 Å². The number of nitrogens with one attached hydrogen (secondary N) is 1. The molecule has 3 aliphatic rings. The molecule has 1 aliphatic carbocycles. The number of nitrogens with zero attached hydrogens (tertiary/aromatic N) is 2. The van der Waals surface area contributed by atoms with E-state index in [4.69, 9.17) is 11.6 Å². The van der Waals surface area contributed by atoms with Crippen LogP contribution in [0, 0.1) is 16.0 Å². The number of anilines is 1. The van der Waals surface area contributed by atoms with Gasteiger partial charge in [-0.05, 0) is 48.4 Å². The lowest BCUT2D eigenvalue weighted by Gasteiger charge is -2.38. The highest BCUT2D eigenvalue weighted by molar-refractivity contribution is 6.32. The molecule has 0 bridgehead atoms. The number of amides is 1. The van der Waals surface area contributed by atoms with Crippen molar-refractivity contribution in [2.24, 2.45) is 5.92 Å². The highest BCUT2D eigenvalue weighted by Gasteiger charge is 2.40. The van der Waals surface area contributed by atoms with Crippen molar-refractivity contribution in [2.45, 2.75) is 31.2 Å². The Labute approximate surface area is 179 Å². The predicted molar refractivity (Wildman–Crippen MR) is 116 cm³/mol. The number of hydrogen-bond donors (Lipinski definition) is 1. The predicted octanol–water partition coefficient (Wildman–Crippen LogP) is 5.31. The normalized spacial score (nSPS) is 24.3. The summed E-state index contributed by atoms with van der Waals surface area (Å²) in [7, 11) is 0. The molecule has 0 aromatic heterocycles. The molecule has 1 amide bonds. The van der Waals surface area contributed by atoms with E-state index in [2.05, 4.69) is 23.5 Å². The molecular formula is C23H22ClN3O3. The summed E-state index contributed by atoms with van der Waals surface area (Å²) in [4.78, 5) is 26.1. The first-order valence-electron chi connectivity index (χ1n) is 10.3. The van der Waals surface area contributed by atoms with Crippen molar-refractivity contribution in [3.63, 3.8) is 0 Å². The van der Waals surface area contributed by atoms with E-state index in [0.29, 0.717) is 5.56 Å². The molecular weight excluding hydrogens is 402 g/mol. The first-order valence-corrected chi connectivity index (χ1v) is 10.7. The van der Waals surface area contributed by atoms with Gasteiger partial charge in [0, 0.05) is 25.1 Å². The quantitative estimate of drug-likeness (QED) is 0.412. The van der Waals surface area contributed by atoms with E-state index in [-0.39, 0.29) is 34.5 Å². The van der Waals surface area contributed by atoms with Crippen LogP contribution in [0.2, 0.25) is 5.02 Å². The largest absolute Gasteiger partial charge is 0.377 e. The minimum atomic E-state index is -0.449. The number of hydrogen-bond acceptors (Lipinski definition) is 4. The molecule has 2 aliphatic heterocycles. The second-order valence-electron chi connectivity index (χ2n) is 8.21. The average Bonchev–Trinajstić information content (AvgIpc) is 3.45. The maximum absolute atomic E-state index is 13.2. The number of halogens is 1. The minimum absolute atomic E-state index is 0.0538. The minimum Gasteiger partial charge on any atom is -0.377 e. The van der Waals surface area contributed by atoms with E-state index in [0.717, 1.165) is 49.2 Å². The topological polar surface area (TPSA) is 75.5 Å². The lowest BCUT2D eigenvalue weighted by Crippen LogP contribution is -2.33. The smallest absolute Gasteiger partial charge is 0.288 e. The van der Waals surface area contributed by atoms with Crippen LogP contribution in [0.25, 0.3) is 0 Å². The van der Waals surface area contributed by atoms with E-state index in [1.54, 1.807) is 12.1 Å². The molecule has 1 fully saturated rings. The van der Waals surface area contributed by atoms with Crippen molar-refractivity contribution in [3.8, 4) is 0 Å². The van der Waals surface area contributed by atoms with Crippen molar-refractivity contribution >= 4 is 28.9 Å². The van der Waals surface area contributed by atoms with Crippen LogP contribution in [0.4, 0.5) is 11.4 Å². The fraction of sp³-hybridized carbons (Fsp3) is 0.348. The van der Waals surface area contributed by atoms with Crippen molar-refractivity contribution in [2.75, 3.05) is 18.4 Å². The van der Waals surface area contributed by atoms with Gasteiger partial charge in [0.25, 0.3) is 11.6 Å². The molecule has 2 aromatic carbocycles. The number of fused-ring (bicyclic) bond motifs is 3. The van der Waals surface area contributed by atoms with Gasteiger partial charge in [-0.25, -0.2) is 0 Å². The van der Waals surface area contributed by atoms with Gasteiger partial charge in [0.15, 0.2) is 0 Å². The van der Waals surface area contributed by atoms with Crippen LogP contribution >= 0.6 is 11.6 Å². The van der Waals surface area contributed by atoms with Crippen molar-refractivity contribution in [1.82, 2.24) is 4.90 Å². The van der Waals surface area contributed by atoms with Crippen LogP contribution < -0.4 is 5.32 Å². The lowest BCUT2D eigenvalue weighted by molar-refractivity contribution is -0.384. The monoisotopic (exact) mass is 423 g/mol. The number of para-hydroxylation sites is 1. The van der Waals surface area contributed by atoms with Crippen LogP contribution in [-0.2, 0) is 0 Å². The van der Waals surface area contributed by atoms with Crippen molar-refractivity contribution < 1.29 is 9.72 Å². The van der Waals surface area contributed by atoms with Gasteiger partial charge < -0.3 is 10.2 Å². The molecule has 3 atom stereocenters. The van der Waals surface area contributed by atoms with E-state index < -0.39 is 4.92 Å². The highest BCUT2D eigenvalue weighted by Crippen LogP contribution is 2.51. The fourth-order valence-electron chi connectivity index (χ4n) is 5.08. The molecule has 6 nitrogen and oxygen atoms in total. The van der Waals surface area contributed by atoms with Gasteiger partial charge in [-0.1, -0.05) is 42.0 Å². The summed E-state index contributed by atoms with van der Waals surface area (Å²) in [6.07, 6.45) is 7.32. The summed E-state index contributed by atoms with van der Waals surface area (Å²) in [5.41, 5.74) is 3.38. The third kappa shape index (κ3) is 3.06. The number of likely N-dealkylation sites (tertiary alicyclic amines) is 1. The fourth-order valence-corrected chi connectivity index (χ4v) is 5.27. The maximum Gasteiger partial charge on any atom is 0.288 e. The molecule has 0 spiro atoms. The Hall–Kier alpha value is -2.86. The van der Waals surface area contributed by atoms with Crippen molar-refractivity contribution in [3.05, 3.63) is 80.4 Å². The highest BCUT2D eigenvalue weighted by atomic mass is 35.5. The summed E-state index contributed by atoms with van der Waals surface area (Å²) < 4.78 is 0. The van der Waals surface area contributed by atoms with E-state index >= 15 is 0 Å². The van der Waals surface area contributed by atoms with Crippen LogP contribution in [0.1, 0.15) is 52.7 Å². The Bertz CT molecular complexity index is 1060. The van der Waals surface area contributed by atoms with Gasteiger partial charge in [-0.2, -0.15) is 0 Å². The first kappa shape index (κ1) is 19.1. The zero-order valence-electron chi connectivity index (χ0n) is 16.4. The number of nitro groups is 1. The molecule has 154 valence electrons. The molecule has 0 saturated carbocycles. The number of carbonyl (C=O) groups excluding carboxylic acids is 1.